The van der Waals surface area contributed by atoms with E-state index >= 15 is 0 Å². The van der Waals surface area contributed by atoms with Crippen molar-refractivity contribution in [3.05, 3.63) is 0 Å². The summed E-state index contributed by atoms with van der Waals surface area (Å²) < 4.78 is 0. The summed E-state index contributed by atoms with van der Waals surface area (Å²) in [6.07, 6.45) is 0. The van der Waals surface area contributed by atoms with Crippen molar-refractivity contribution in [1.29, 1.82) is 0 Å². The Balaban J connectivity index is 2.56. The monoisotopic (exact) mass is 204 g/mol. The van der Waals surface area contributed by atoms with Gasteiger partial charge in [-0.15, -0.1) is 5.59 Å². The van der Waals surface area contributed by atoms with Crippen LogP contribution in [-0.2, 0) is 0 Å². The summed E-state index contributed by atoms with van der Waals surface area (Å²) in [6, 6.07) is 0. The molecule has 1 aliphatic rings. The zero-order valence-corrected chi connectivity index (χ0v) is 9.30. The highest BCUT2D eigenvalue weighted by molar-refractivity contribution is 4.59. The van der Waals surface area contributed by atoms with Crippen LogP contribution in [0.4, 0.5) is 0 Å². The van der Waals surface area contributed by atoms with Gasteiger partial charge in [0.25, 0.3) is 0 Å². The van der Waals surface area contributed by atoms with Crippen LogP contribution in [0.2, 0.25) is 0 Å². The van der Waals surface area contributed by atoms with Crippen molar-refractivity contribution >= 4 is 0 Å². The van der Waals surface area contributed by atoms with Crippen molar-refractivity contribution < 1.29 is 5.21 Å². The van der Waals surface area contributed by atoms with Gasteiger partial charge < -0.3 is 5.21 Å². The van der Waals surface area contributed by atoms with Gasteiger partial charge >= 0.3 is 0 Å². The zero-order chi connectivity index (χ0) is 10.7. The summed E-state index contributed by atoms with van der Waals surface area (Å²) in [7, 11) is 7.92. The molecule has 1 rings (SSSR count). The molecular formula is C7H20N6O. The Morgan fingerprint density at radius 2 is 1.36 bits per heavy atom. The van der Waals surface area contributed by atoms with Crippen LogP contribution in [0.25, 0.3) is 0 Å². The molecule has 0 amide bonds. The molecule has 1 fully saturated rings. The second-order valence-electron chi connectivity index (χ2n) is 3.77. The van der Waals surface area contributed by atoms with E-state index in [4.69, 9.17) is 5.21 Å². The Hall–Kier alpha value is -0.280. The molecule has 1 saturated heterocycles. The molecular weight excluding hydrogens is 184 g/mol. The normalized spacial score (nSPS) is 22.5. The van der Waals surface area contributed by atoms with Gasteiger partial charge in [-0.3, -0.25) is 0 Å². The number of hydrogen-bond donors (Lipinski definition) is 2. The van der Waals surface area contributed by atoms with Crippen molar-refractivity contribution in [2.24, 2.45) is 0 Å². The SMILES string of the molecule is CN(C)N1CN(NO)CN(N(C)C)C1. The number of hydrogen-bond acceptors (Lipinski definition) is 7. The quantitative estimate of drug-likeness (QED) is 0.550. The first-order chi connectivity index (χ1) is 6.54. The highest BCUT2D eigenvalue weighted by atomic mass is 16.5. The molecule has 0 aliphatic carbocycles. The van der Waals surface area contributed by atoms with Gasteiger partial charge in [0.1, 0.15) is 0 Å². The van der Waals surface area contributed by atoms with Gasteiger partial charge in [0, 0.05) is 28.2 Å². The number of hydrazine groups is 3. The summed E-state index contributed by atoms with van der Waals surface area (Å²) in [6.45, 7) is 2.14. The minimum Gasteiger partial charge on any atom is -0.302 e. The smallest absolute Gasteiger partial charge is 0.0836 e. The Morgan fingerprint density at radius 1 is 0.929 bits per heavy atom. The maximum Gasteiger partial charge on any atom is 0.0836 e. The van der Waals surface area contributed by atoms with Crippen molar-refractivity contribution in [3.63, 3.8) is 0 Å². The minimum atomic E-state index is 0.661. The van der Waals surface area contributed by atoms with Crippen LogP contribution in [0.3, 0.4) is 0 Å². The van der Waals surface area contributed by atoms with Gasteiger partial charge in [0.05, 0.1) is 20.0 Å². The molecule has 0 aromatic heterocycles. The molecule has 0 saturated carbocycles. The molecule has 1 heterocycles. The predicted molar refractivity (Wildman–Crippen MR) is 52.4 cm³/mol. The number of nitrogens with one attached hydrogen (secondary N) is 1. The molecule has 2 N–H and O–H groups in total. The Morgan fingerprint density at radius 3 is 1.64 bits per heavy atom. The molecule has 0 aromatic rings. The Labute approximate surface area is 84.9 Å². The van der Waals surface area contributed by atoms with E-state index in [2.05, 4.69) is 15.6 Å². The van der Waals surface area contributed by atoms with Crippen molar-refractivity contribution in [1.82, 2.24) is 30.6 Å². The average Bonchev–Trinajstić information content (AvgIpc) is 2.16. The molecule has 0 atom stereocenters. The molecule has 7 nitrogen and oxygen atoms in total. The number of nitrogens with zero attached hydrogens (tertiary/aromatic N) is 5. The van der Waals surface area contributed by atoms with E-state index < -0.39 is 0 Å². The highest BCUT2D eigenvalue weighted by Gasteiger charge is 2.25. The van der Waals surface area contributed by atoms with E-state index in [1.54, 1.807) is 5.01 Å². The Kier molecular flexibility index (Phi) is 4.20. The minimum absolute atomic E-state index is 0.661. The zero-order valence-electron chi connectivity index (χ0n) is 9.30. The van der Waals surface area contributed by atoms with E-state index in [-0.39, 0.29) is 0 Å². The van der Waals surface area contributed by atoms with Gasteiger partial charge in [0.2, 0.25) is 0 Å². The maximum atomic E-state index is 8.88. The molecule has 0 bridgehead atoms. The van der Waals surface area contributed by atoms with Gasteiger partial charge in [-0.05, 0) is 0 Å². The molecule has 0 spiro atoms. The lowest BCUT2D eigenvalue weighted by Crippen LogP contribution is -2.63. The van der Waals surface area contributed by atoms with Crippen LogP contribution < -0.4 is 5.59 Å². The second-order valence-corrected chi connectivity index (χ2v) is 3.77. The fourth-order valence-electron chi connectivity index (χ4n) is 1.29. The lowest BCUT2D eigenvalue weighted by atomic mass is 10.6. The summed E-state index contributed by atoms with van der Waals surface area (Å²) in [5.41, 5.74) is 2.17. The van der Waals surface area contributed by atoms with Crippen LogP contribution in [-0.4, -0.2) is 78.4 Å². The van der Waals surface area contributed by atoms with Crippen LogP contribution in [0.5, 0.6) is 0 Å². The first kappa shape index (κ1) is 11.8. The number of rotatable bonds is 3. The summed E-state index contributed by atoms with van der Waals surface area (Å²) in [5.74, 6) is 0. The van der Waals surface area contributed by atoms with Crippen LogP contribution in [0, 0.1) is 0 Å². The third-order valence-electron chi connectivity index (χ3n) is 2.27. The van der Waals surface area contributed by atoms with E-state index in [9.17, 15) is 0 Å². The van der Waals surface area contributed by atoms with Crippen LogP contribution >= 0.6 is 0 Å². The van der Waals surface area contributed by atoms with E-state index in [1.807, 2.05) is 38.2 Å². The molecule has 0 radical (unpaired) electrons. The van der Waals surface area contributed by atoms with Gasteiger partial charge in [0.15, 0.2) is 0 Å². The molecule has 14 heavy (non-hydrogen) atoms. The summed E-state index contributed by atoms with van der Waals surface area (Å²) in [5, 5.41) is 18.8. The average molecular weight is 204 g/mol. The third kappa shape index (κ3) is 2.85. The van der Waals surface area contributed by atoms with Gasteiger partial charge in [-0.2, -0.15) is 5.01 Å². The fraction of sp³-hybridized carbons (Fsp3) is 1.00. The molecule has 1 aliphatic heterocycles. The lowest BCUT2D eigenvalue weighted by Gasteiger charge is -2.45. The standard InChI is InChI=1S/C7H20N6O/c1-9(2)12-5-11(8-14)6-13(7-12)10(3)4/h8,14H,5-7H2,1-4H3. The van der Waals surface area contributed by atoms with Crippen molar-refractivity contribution in [2.45, 2.75) is 0 Å². The largest absolute Gasteiger partial charge is 0.302 e. The van der Waals surface area contributed by atoms with E-state index in [0.717, 1.165) is 6.67 Å². The van der Waals surface area contributed by atoms with E-state index in [0.29, 0.717) is 13.3 Å². The fourth-order valence-corrected chi connectivity index (χ4v) is 1.29. The molecule has 0 aromatic carbocycles. The van der Waals surface area contributed by atoms with Crippen molar-refractivity contribution in [2.75, 3.05) is 48.2 Å². The van der Waals surface area contributed by atoms with Crippen molar-refractivity contribution in [3.8, 4) is 0 Å². The third-order valence-corrected chi connectivity index (χ3v) is 2.27. The Bertz CT molecular complexity index is 160. The maximum absolute atomic E-state index is 8.88. The molecule has 84 valence electrons. The second kappa shape index (κ2) is 4.99. The topological polar surface area (TPSA) is 48.5 Å². The first-order valence-corrected chi connectivity index (χ1v) is 4.53. The lowest BCUT2D eigenvalue weighted by molar-refractivity contribution is -0.219. The first-order valence-electron chi connectivity index (χ1n) is 4.53. The van der Waals surface area contributed by atoms with Gasteiger partial charge in [-0.25, -0.2) is 20.0 Å². The van der Waals surface area contributed by atoms with Gasteiger partial charge in [-0.1, -0.05) is 0 Å². The molecule has 7 heteroatoms. The van der Waals surface area contributed by atoms with Crippen LogP contribution in [0.15, 0.2) is 0 Å². The summed E-state index contributed by atoms with van der Waals surface area (Å²) >= 11 is 0. The highest BCUT2D eigenvalue weighted by Crippen LogP contribution is 2.06. The van der Waals surface area contributed by atoms with E-state index in [1.165, 1.54) is 0 Å². The summed E-state index contributed by atoms with van der Waals surface area (Å²) in [4.78, 5) is 0. The molecule has 0 unspecified atom stereocenters. The predicted octanol–water partition coefficient (Wildman–Crippen LogP) is -1.37. The van der Waals surface area contributed by atoms with Crippen LogP contribution in [0.1, 0.15) is 0 Å².